The normalized spacial score (nSPS) is 13.6. The van der Waals surface area contributed by atoms with Crippen LogP contribution < -0.4 is 0 Å². The molecule has 0 atom stereocenters. The highest BCUT2D eigenvalue weighted by Gasteiger charge is 2.53. The van der Waals surface area contributed by atoms with E-state index < -0.39 is 5.41 Å². The third kappa shape index (κ3) is 6.36. The number of hydrogen-bond acceptors (Lipinski definition) is 0. The van der Waals surface area contributed by atoms with Crippen molar-refractivity contribution in [1.29, 1.82) is 0 Å². The van der Waals surface area contributed by atoms with E-state index in [2.05, 4.69) is 230 Å². The fraction of sp³-hybridized carbons (Fsp3) is 0.200. The summed E-state index contributed by atoms with van der Waals surface area (Å²) in [7, 11) is 0. The molecular formula is C60H54. The monoisotopic (exact) mass is 774 g/mol. The predicted octanol–water partition coefficient (Wildman–Crippen LogP) is 15.5. The van der Waals surface area contributed by atoms with E-state index in [-0.39, 0.29) is 16.7 Å². The average Bonchev–Trinajstić information content (AvgIpc) is 3.73. The van der Waals surface area contributed by atoms with Crippen molar-refractivity contribution in [3.63, 3.8) is 0 Å². The summed E-state index contributed by atoms with van der Waals surface area (Å²) in [6.45, 7) is 14.2. The molecule has 0 amide bonds. The van der Waals surface area contributed by atoms with Crippen LogP contribution in [0.1, 0.15) is 97.5 Å². The Bertz CT molecular complexity index is 2710. The SMILES string of the molecule is CC(C)(C)c1ccc2c(c1)C1(c3ccccc3-c3ccccc31)c1cc(C(C)(C)C)cc(C(Cc3ccc(-c4ccccc4)cc3)Cc3ccc(-c4ccccc4)cc3)c1-2. The Hall–Kier alpha value is -6.24. The van der Waals surface area contributed by atoms with Crippen LogP contribution in [0.3, 0.4) is 0 Å². The maximum absolute atomic E-state index is 2.61. The van der Waals surface area contributed by atoms with Crippen molar-refractivity contribution in [2.45, 2.75) is 76.5 Å². The minimum Gasteiger partial charge on any atom is -0.0622 e. The van der Waals surface area contributed by atoms with Crippen molar-refractivity contribution >= 4 is 0 Å². The van der Waals surface area contributed by atoms with Crippen molar-refractivity contribution in [2.75, 3.05) is 0 Å². The van der Waals surface area contributed by atoms with Crippen molar-refractivity contribution in [3.8, 4) is 44.5 Å². The molecule has 0 heterocycles. The maximum Gasteiger partial charge on any atom is 0.0725 e. The van der Waals surface area contributed by atoms with Crippen LogP contribution in [0, 0.1) is 0 Å². The molecule has 0 nitrogen and oxygen atoms in total. The number of benzene rings is 8. The Morgan fingerprint density at radius 1 is 0.367 bits per heavy atom. The van der Waals surface area contributed by atoms with Crippen molar-refractivity contribution in [3.05, 3.63) is 238 Å². The number of fused-ring (bicyclic) bond motifs is 10. The summed E-state index contributed by atoms with van der Waals surface area (Å²) < 4.78 is 0. The molecule has 8 aromatic carbocycles. The van der Waals surface area contributed by atoms with Crippen LogP contribution >= 0.6 is 0 Å². The first-order valence-corrected chi connectivity index (χ1v) is 21.8. The van der Waals surface area contributed by atoms with E-state index in [9.17, 15) is 0 Å². The molecule has 0 aromatic heterocycles. The maximum atomic E-state index is 2.61. The van der Waals surface area contributed by atoms with Gasteiger partial charge in [0, 0.05) is 0 Å². The first-order chi connectivity index (χ1) is 29.0. The first-order valence-electron chi connectivity index (χ1n) is 21.8. The van der Waals surface area contributed by atoms with Crippen molar-refractivity contribution in [2.24, 2.45) is 0 Å². The van der Waals surface area contributed by atoms with Gasteiger partial charge < -0.3 is 0 Å². The summed E-state index contributed by atoms with van der Waals surface area (Å²) in [5.41, 5.74) is 22.7. The Balaban J connectivity index is 1.22. The van der Waals surface area contributed by atoms with Gasteiger partial charge in [-0.05, 0) is 124 Å². The van der Waals surface area contributed by atoms with Crippen molar-refractivity contribution in [1.82, 2.24) is 0 Å². The highest BCUT2D eigenvalue weighted by atomic mass is 14.5. The van der Waals surface area contributed by atoms with Crippen LogP contribution in [-0.2, 0) is 29.1 Å². The lowest BCUT2D eigenvalue weighted by molar-refractivity contribution is 0.583. The molecule has 0 radical (unpaired) electrons. The topological polar surface area (TPSA) is 0 Å². The molecule has 294 valence electrons. The minimum absolute atomic E-state index is 0.00238. The lowest BCUT2D eigenvalue weighted by Gasteiger charge is -2.33. The largest absolute Gasteiger partial charge is 0.0725 e. The molecule has 0 fully saturated rings. The molecule has 0 aliphatic heterocycles. The van der Waals surface area contributed by atoms with E-state index in [4.69, 9.17) is 0 Å². The van der Waals surface area contributed by atoms with E-state index in [1.807, 2.05) is 0 Å². The van der Waals surface area contributed by atoms with Gasteiger partial charge in [0.05, 0.1) is 5.41 Å². The minimum atomic E-state index is -0.422. The summed E-state index contributed by atoms with van der Waals surface area (Å²) in [6, 6.07) is 71.4. The van der Waals surface area contributed by atoms with Gasteiger partial charge in [-0.2, -0.15) is 0 Å². The van der Waals surface area contributed by atoms with Crippen LogP contribution in [0.2, 0.25) is 0 Å². The molecule has 60 heavy (non-hydrogen) atoms. The number of hydrogen-bond donors (Lipinski definition) is 0. The van der Waals surface area contributed by atoms with Gasteiger partial charge in [0.1, 0.15) is 0 Å². The zero-order valence-corrected chi connectivity index (χ0v) is 35.9. The third-order valence-corrected chi connectivity index (χ3v) is 13.5. The van der Waals surface area contributed by atoms with Gasteiger partial charge in [-0.1, -0.05) is 230 Å². The summed E-state index contributed by atoms with van der Waals surface area (Å²) in [6.07, 6.45) is 1.87. The average molecular weight is 775 g/mol. The van der Waals surface area contributed by atoms with Gasteiger partial charge >= 0.3 is 0 Å². The summed E-state index contributed by atoms with van der Waals surface area (Å²) in [5.74, 6) is 0.225. The third-order valence-electron chi connectivity index (χ3n) is 13.5. The Morgan fingerprint density at radius 3 is 1.28 bits per heavy atom. The quantitative estimate of drug-likeness (QED) is 0.151. The lowest BCUT2D eigenvalue weighted by atomic mass is 9.68. The Kier molecular flexibility index (Phi) is 9.18. The van der Waals surface area contributed by atoms with E-state index in [1.54, 1.807) is 0 Å². The van der Waals surface area contributed by atoms with Crippen LogP contribution in [0.4, 0.5) is 0 Å². The van der Waals surface area contributed by atoms with E-state index in [0.717, 1.165) is 12.8 Å². The van der Waals surface area contributed by atoms with Gasteiger partial charge in [0.15, 0.2) is 0 Å². The molecule has 10 rings (SSSR count). The molecule has 2 aliphatic rings. The molecule has 8 aromatic rings. The molecule has 1 spiro atoms. The molecule has 0 unspecified atom stereocenters. The zero-order valence-electron chi connectivity index (χ0n) is 35.9. The van der Waals surface area contributed by atoms with E-state index >= 15 is 0 Å². The van der Waals surface area contributed by atoms with E-state index in [0.29, 0.717) is 0 Å². The van der Waals surface area contributed by atoms with E-state index in [1.165, 1.54) is 94.6 Å². The molecule has 0 saturated heterocycles. The molecule has 0 bridgehead atoms. The number of rotatable bonds is 7. The van der Waals surface area contributed by atoms with Gasteiger partial charge in [-0.25, -0.2) is 0 Å². The smallest absolute Gasteiger partial charge is 0.0622 e. The van der Waals surface area contributed by atoms with Crippen LogP contribution in [0.5, 0.6) is 0 Å². The summed E-state index contributed by atoms with van der Waals surface area (Å²) >= 11 is 0. The second-order valence-corrected chi connectivity index (χ2v) is 19.3. The first kappa shape index (κ1) is 38.0. The van der Waals surface area contributed by atoms with Crippen LogP contribution in [-0.4, -0.2) is 0 Å². The van der Waals surface area contributed by atoms with Gasteiger partial charge in [0.25, 0.3) is 0 Å². The predicted molar refractivity (Wildman–Crippen MR) is 254 cm³/mol. The van der Waals surface area contributed by atoms with Gasteiger partial charge in [-0.15, -0.1) is 0 Å². The Morgan fingerprint density at radius 2 is 0.800 bits per heavy atom. The highest BCUT2D eigenvalue weighted by molar-refractivity contribution is 5.96. The van der Waals surface area contributed by atoms with Crippen molar-refractivity contribution < 1.29 is 0 Å². The lowest BCUT2D eigenvalue weighted by Crippen LogP contribution is -2.27. The second kappa shape index (κ2) is 14.5. The molecule has 0 saturated carbocycles. The zero-order chi connectivity index (χ0) is 41.2. The molecular weight excluding hydrogens is 721 g/mol. The van der Waals surface area contributed by atoms with Gasteiger partial charge in [-0.3, -0.25) is 0 Å². The summed E-state index contributed by atoms with van der Waals surface area (Å²) in [4.78, 5) is 0. The molecule has 0 heteroatoms. The second-order valence-electron chi connectivity index (χ2n) is 19.3. The van der Waals surface area contributed by atoms with Gasteiger partial charge in [0.2, 0.25) is 0 Å². The fourth-order valence-electron chi connectivity index (χ4n) is 10.3. The molecule has 2 aliphatic carbocycles. The van der Waals surface area contributed by atoms with Crippen LogP contribution in [0.15, 0.2) is 188 Å². The standard InChI is InChI=1S/C60H54/c1-58(2,3)47-33-34-51-55(38-47)60(53-23-15-13-21-49(53)50-22-14-16-24-54(50)60)56-39-48(59(4,5)6)37-52(57(51)56)46(35-40-25-29-44(30-26-40)42-17-9-7-10-18-42)36-41-27-31-45(32-28-41)43-19-11-8-12-20-43/h7-34,37-39,46H,35-36H2,1-6H3. The molecule has 0 N–H and O–H groups in total. The Labute approximate surface area is 357 Å². The highest BCUT2D eigenvalue weighted by Crippen LogP contribution is 2.64. The fourth-order valence-corrected chi connectivity index (χ4v) is 10.3. The summed E-state index contributed by atoms with van der Waals surface area (Å²) in [5, 5.41) is 0. The van der Waals surface area contributed by atoms with Crippen LogP contribution in [0.25, 0.3) is 44.5 Å².